The number of fused-ring (bicyclic) bond motifs is 1. The molecule has 0 aliphatic carbocycles. The minimum absolute atomic E-state index is 0.0140. The highest BCUT2D eigenvalue weighted by molar-refractivity contribution is 7.89. The molecule has 1 amide bonds. The van der Waals surface area contributed by atoms with Gasteiger partial charge in [-0.15, -0.1) is 0 Å². The number of rotatable bonds is 6. The van der Waals surface area contributed by atoms with Crippen LogP contribution in [0.5, 0.6) is 0 Å². The highest BCUT2D eigenvalue weighted by atomic mass is 32.2. The quantitative estimate of drug-likeness (QED) is 0.778. The van der Waals surface area contributed by atoms with Gasteiger partial charge in [0, 0.05) is 39.6 Å². The number of hydrogen-bond acceptors (Lipinski definition) is 5. The first kappa shape index (κ1) is 19.4. The van der Waals surface area contributed by atoms with E-state index in [9.17, 15) is 13.2 Å². The van der Waals surface area contributed by atoms with Gasteiger partial charge in [-0.1, -0.05) is 0 Å². The van der Waals surface area contributed by atoms with Crippen LogP contribution in [0, 0.1) is 0 Å². The van der Waals surface area contributed by atoms with Crippen LogP contribution in [0.15, 0.2) is 23.1 Å². The highest BCUT2D eigenvalue weighted by Gasteiger charge is 2.27. The molecule has 1 aromatic carbocycles. The van der Waals surface area contributed by atoms with Crippen LogP contribution in [0.4, 0.5) is 0 Å². The second-order valence-corrected chi connectivity index (χ2v) is 9.41. The molecule has 0 spiro atoms. The Morgan fingerprint density at radius 1 is 1.32 bits per heavy atom. The standard InChI is InChI=1S/C19H26N4O4S/c1-22-17-5-4-15(28(25,26)23-9-2-3-10-23)12-16(17)21-18(22)6-7-19(24)20-14-8-11-27-13-14/h4-5,12,14H,2-3,6-11,13H2,1H3,(H,20,24)/t14-/m0/s1. The zero-order chi connectivity index (χ0) is 19.7. The lowest BCUT2D eigenvalue weighted by Crippen LogP contribution is -2.35. The van der Waals surface area contributed by atoms with Gasteiger partial charge in [-0.05, 0) is 37.5 Å². The molecule has 1 aromatic heterocycles. The SMILES string of the molecule is Cn1c(CCC(=O)N[C@H]2CCOC2)nc2cc(S(=O)(=O)N3CCCC3)ccc21. The van der Waals surface area contributed by atoms with E-state index in [1.54, 1.807) is 18.2 Å². The summed E-state index contributed by atoms with van der Waals surface area (Å²) in [6.45, 7) is 2.43. The molecule has 3 heterocycles. The zero-order valence-corrected chi connectivity index (χ0v) is 16.9. The number of hydrogen-bond donors (Lipinski definition) is 1. The maximum atomic E-state index is 12.8. The van der Waals surface area contributed by atoms with E-state index in [4.69, 9.17) is 4.74 Å². The van der Waals surface area contributed by atoms with E-state index in [0.29, 0.717) is 44.7 Å². The molecule has 4 rings (SSSR count). The predicted molar refractivity (Wildman–Crippen MR) is 104 cm³/mol. The molecule has 0 radical (unpaired) electrons. The van der Waals surface area contributed by atoms with Crippen LogP contribution in [-0.4, -0.2) is 60.5 Å². The number of nitrogens with zero attached hydrogens (tertiary/aromatic N) is 3. The molecule has 2 saturated heterocycles. The number of benzene rings is 1. The second-order valence-electron chi connectivity index (χ2n) is 7.48. The minimum atomic E-state index is -3.46. The number of carbonyl (C=O) groups excluding carboxylic acids is 1. The fourth-order valence-corrected chi connectivity index (χ4v) is 5.40. The average molecular weight is 407 g/mol. The molecule has 0 bridgehead atoms. The predicted octanol–water partition coefficient (Wildman–Crippen LogP) is 1.20. The van der Waals surface area contributed by atoms with Crippen LogP contribution in [0.1, 0.15) is 31.5 Å². The molecular weight excluding hydrogens is 380 g/mol. The molecule has 8 nitrogen and oxygen atoms in total. The maximum absolute atomic E-state index is 12.8. The summed E-state index contributed by atoms with van der Waals surface area (Å²) in [5.41, 5.74) is 1.50. The van der Waals surface area contributed by atoms with Gasteiger partial charge in [0.1, 0.15) is 5.82 Å². The van der Waals surface area contributed by atoms with Gasteiger partial charge in [0.15, 0.2) is 0 Å². The van der Waals surface area contributed by atoms with Crippen molar-refractivity contribution in [2.75, 3.05) is 26.3 Å². The second kappa shape index (κ2) is 7.81. The number of imidazole rings is 1. The first-order valence-corrected chi connectivity index (χ1v) is 11.2. The Balaban J connectivity index is 1.49. The Kier molecular flexibility index (Phi) is 5.39. The molecule has 2 fully saturated rings. The lowest BCUT2D eigenvalue weighted by molar-refractivity contribution is -0.121. The maximum Gasteiger partial charge on any atom is 0.243 e. The Morgan fingerprint density at radius 3 is 2.82 bits per heavy atom. The van der Waals surface area contributed by atoms with Crippen molar-refractivity contribution in [2.45, 2.75) is 43.0 Å². The third-order valence-electron chi connectivity index (χ3n) is 5.52. The normalized spacial score (nSPS) is 20.8. The number of amides is 1. The van der Waals surface area contributed by atoms with Gasteiger partial charge in [0.05, 0.1) is 28.6 Å². The first-order chi connectivity index (χ1) is 13.4. The number of aromatic nitrogens is 2. The molecule has 2 aromatic rings. The summed E-state index contributed by atoms with van der Waals surface area (Å²) in [6, 6.07) is 5.19. The summed E-state index contributed by atoms with van der Waals surface area (Å²) < 4.78 is 34.3. The molecule has 0 saturated carbocycles. The molecule has 28 heavy (non-hydrogen) atoms. The summed E-state index contributed by atoms with van der Waals surface area (Å²) in [5, 5.41) is 2.98. The van der Waals surface area contributed by atoms with Gasteiger partial charge in [-0.25, -0.2) is 13.4 Å². The van der Waals surface area contributed by atoms with E-state index >= 15 is 0 Å². The number of ether oxygens (including phenoxy) is 1. The lowest BCUT2D eigenvalue weighted by atomic mass is 10.2. The molecule has 2 aliphatic rings. The third kappa shape index (κ3) is 3.78. The lowest BCUT2D eigenvalue weighted by Gasteiger charge is -2.15. The van der Waals surface area contributed by atoms with Gasteiger partial charge in [-0.3, -0.25) is 4.79 Å². The Labute approximate surface area is 164 Å². The van der Waals surface area contributed by atoms with Crippen molar-refractivity contribution in [2.24, 2.45) is 7.05 Å². The molecule has 2 aliphatic heterocycles. The monoisotopic (exact) mass is 406 g/mol. The van der Waals surface area contributed by atoms with E-state index in [-0.39, 0.29) is 16.8 Å². The van der Waals surface area contributed by atoms with E-state index in [0.717, 1.165) is 30.6 Å². The van der Waals surface area contributed by atoms with Crippen molar-refractivity contribution in [1.82, 2.24) is 19.2 Å². The smallest absolute Gasteiger partial charge is 0.243 e. The number of carbonyl (C=O) groups is 1. The van der Waals surface area contributed by atoms with Crippen molar-refractivity contribution in [1.29, 1.82) is 0 Å². The number of sulfonamides is 1. The van der Waals surface area contributed by atoms with Crippen molar-refractivity contribution in [3.05, 3.63) is 24.0 Å². The van der Waals surface area contributed by atoms with Crippen LogP contribution in [0.2, 0.25) is 0 Å². The highest BCUT2D eigenvalue weighted by Crippen LogP contribution is 2.25. The van der Waals surface area contributed by atoms with Crippen molar-refractivity contribution >= 4 is 27.0 Å². The number of aryl methyl sites for hydroxylation is 2. The van der Waals surface area contributed by atoms with Crippen LogP contribution in [0.25, 0.3) is 11.0 Å². The fourth-order valence-electron chi connectivity index (χ4n) is 3.86. The first-order valence-electron chi connectivity index (χ1n) is 9.78. The van der Waals surface area contributed by atoms with Crippen LogP contribution >= 0.6 is 0 Å². The summed E-state index contributed by atoms with van der Waals surface area (Å²) in [4.78, 5) is 17.0. The fraction of sp³-hybridized carbons (Fsp3) is 0.579. The molecule has 9 heteroatoms. The molecular formula is C19H26N4O4S. The van der Waals surface area contributed by atoms with Gasteiger partial charge in [-0.2, -0.15) is 4.31 Å². The summed E-state index contributed by atoms with van der Waals surface area (Å²) in [5.74, 6) is 0.753. The molecule has 152 valence electrons. The van der Waals surface area contributed by atoms with Gasteiger partial charge in [0.2, 0.25) is 15.9 Å². The largest absolute Gasteiger partial charge is 0.379 e. The van der Waals surface area contributed by atoms with Crippen LogP contribution < -0.4 is 5.32 Å². The van der Waals surface area contributed by atoms with Gasteiger partial charge in [0.25, 0.3) is 0 Å². The van der Waals surface area contributed by atoms with Crippen molar-refractivity contribution in [3.63, 3.8) is 0 Å². The Morgan fingerprint density at radius 2 is 2.11 bits per heavy atom. The molecule has 0 unspecified atom stereocenters. The van der Waals surface area contributed by atoms with Crippen LogP contribution in [-0.2, 0) is 33.0 Å². The summed E-state index contributed by atoms with van der Waals surface area (Å²) in [6.07, 6.45) is 3.51. The minimum Gasteiger partial charge on any atom is -0.379 e. The Bertz CT molecular complexity index is 973. The van der Waals surface area contributed by atoms with E-state index < -0.39 is 10.0 Å². The topological polar surface area (TPSA) is 93.5 Å². The molecule has 1 N–H and O–H groups in total. The van der Waals surface area contributed by atoms with Gasteiger partial charge < -0.3 is 14.6 Å². The summed E-state index contributed by atoms with van der Waals surface area (Å²) in [7, 11) is -1.57. The van der Waals surface area contributed by atoms with E-state index in [2.05, 4.69) is 10.3 Å². The van der Waals surface area contributed by atoms with Gasteiger partial charge >= 0.3 is 0 Å². The summed E-state index contributed by atoms with van der Waals surface area (Å²) >= 11 is 0. The van der Waals surface area contributed by atoms with Crippen molar-refractivity contribution < 1.29 is 17.9 Å². The van der Waals surface area contributed by atoms with E-state index in [1.165, 1.54) is 4.31 Å². The number of nitrogens with one attached hydrogen (secondary N) is 1. The zero-order valence-electron chi connectivity index (χ0n) is 16.1. The van der Waals surface area contributed by atoms with Crippen LogP contribution in [0.3, 0.4) is 0 Å². The Hall–Kier alpha value is -1.97. The molecule has 1 atom stereocenters. The third-order valence-corrected chi connectivity index (χ3v) is 7.41. The van der Waals surface area contributed by atoms with E-state index in [1.807, 2.05) is 11.6 Å². The average Bonchev–Trinajstić information content (AvgIpc) is 3.42. The van der Waals surface area contributed by atoms with Crippen molar-refractivity contribution in [3.8, 4) is 0 Å².